The molecule has 0 unspecified atom stereocenters. The van der Waals surface area contributed by atoms with Gasteiger partial charge in [-0.1, -0.05) is 24.6 Å². The second-order valence-electron chi connectivity index (χ2n) is 4.89. The SMILES string of the molecule is CCC(=O)Nc1ccc(Cl)c(NC(=O)COc2cccc(F)c2)c1. The van der Waals surface area contributed by atoms with Crippen molar-refractivity contribution in [2.24, 2.45) is 0 Å². The lowest BCUT2D eigenvalue weighted by Crippen LogP contribution is -2.20. The predicted octanol–water partition coefficient (Wildman–Crippen LogP) is 3.85. The number of rotatable bonds is 6. The molecular formula is C17H16ClFN2O3. The summed E-state index contributed by atoms with van der Waals surface area (Å²) in [5.41, 5.74) is 0.867. The van der Waals surface area contributed by atoms with Gasteiger partial charge in [0.2, 0.25) is 5.91 Å². The van der Waals surface area contributed by atoms with E-state index in [1.54, 1.807) is 31.2 Å². The van der Waals surface area contributed by atoms with Gasteiger partial charge in [-0.25, -0.2) is 4.39 Å². The first kappa shape index (κ1) is 17.7. The van der Waals surface area contributed by atoms with Crippen molar-refractivity contribution in [3.05, 3.63) is 53.3 Å². The molecule has 0 atom stereocenters. The van der Waals surface area contributed by atoms with Gasteiger partial charge in [-0.15, -0.1) is 0 Å². The number of hydrogen-bond acceptors (Lipinski definition) is 3. The molecule has 0 heterocycles. The fraction of sp³-hybridized carbons (Fsp3) is 0.176. The highest BCUT2D eigenvalue weighted by atomic mass is 35.5. The van der Waals surface area contributed by atoms with Crippen LogP contribution in [0.2, 0.25) is 5.02 Å². The number of amides is 2. The van der Waals surface area contributed by atoms with Gasteiger partial charge >= 0.3 is 0 Å². The Morgan fingerprint density at radius 1 is 1.12 bits per heavy atom. The van der Waals surface area contributed by atoms with Gasteiger partial charge in [-0.2, -0.15) is 0 Å². The minimum absolute atomic E-state index is 0.149. The summed E-state index contributed by atoms with van der Waals surface area (Å²) in [5.74, 6) is -0.806. The van der Waals surface area contributed by atoms with Crippen LogP contribution in [0.25, 0.3) is 0 Å². The van der Waals surface area contributed by atoms with Crippen LogP contribution in [0.5, 0.6) is 5.75 Å². The molecule has 7 heteroatoms. The van der Waals surface area contributed by atoms with Crippen molar-refractivity contribution in [3.63, 3.8) is 0 Å². The van der Waals surface area contributed by atoms with E-state index in [1.807, 2.05) is 0 Å². The fourth-order valence-electron chi connectivity index (χ4n) is 1.84. The van der Waals surface area contributed by atoms with E-state index in [0.29, 0.717) is 22.8 Å². The van der Waals surface area contributed by atoms with E-state index in [9.17, 15) is 14.0 Å². The summed E-state index contributed by atoms with van der Waals surface area (Å²) in [4.78, 5) is 23.3. The maximum Gasteiger partial charge on any atom is 0.262 e. The van der Waals surface area contributed by atoms with Crippen LogP contribution < -0.4 is 15.4 Å². The number of nitrogens with one attached hydrogen (secondary N) is 2. The molecule has 0 aliphatic heterocycles. The third-order valence-electron chi connectivity index (χ3n) is 3.01. The first-order chi connectivity index (χ1) is 11.5. The maximum atomic E-state index is 13.0. The van der Waals surface area contributed by atoms with Gasteiger partial charge in [0.15, 0.2) is 6.61 Å². The van der Waals surface area contributed by atoms with Gasteiger partial charge in [-0.3, -0.25) is 9.59 Å². The summed E-state index contributed by atoms with van der Waals surface area (Å²) in [6.45, 7) is 1.43. The zero-order valence-electron chi connectivity index (χ0n) is 12.9. The van der Waals surface area contributed by atoms with Crippen LogP contribution in [-0.4, -0.2) is 18.4 Å². The Bertz CT molecular complexity index is 752. The van der Waals surface area contributed by atoms with Crippen molar-refractivity contribution in [1.82, 2.24) is 0 Å². The third-order valence-corrected chi connectivity index (χ3v) is 3.34. The molecule has 0 saturated carbocycles. The van der Waals surface area contributed by atoms with E-state index in [1.165, 1.54) is 18.2 Å². The van der Waals surface area contributed by atoms with E-state index in [0.717, 1.165) is 0 Å². The van der Waals surface area contributed by atoms with Crippen LogP contribution in [0.3, 0.4) is 0 Å². The molecule has 2 N–H and O–H groups in total. The number of halogens is 2. The molecule has 0 saturated heterocycles. The molecule has 2 aromatic carbocycles. The summed E-state index contributed by atoms with van der Waals surface area (Å²) in [7, 11) is 0. The van der Waals surface area contributed by atoms with Gasteiger partial charge in [0.1, 0.15) is 11.6 Å². The van der Waals surface area contributed by atoms with E-state index in [2.05, 4.69) is 10.6 Å². The fourth-order valence-corrected chi connectivity index (χ4v) is 2.00. The highest BCUT2D eigenvalue weighted by molar-refractivity contribution is 6.33. The first-order valence-electron chi connectivity index (χ1n) is 7.25. The summed E-state index contributed by atoms with van der Waals surface area (Å²) in [5, 5.41) is 5.58. The number of ether oxygens (including phenoxy) is 1. The van der Waals surface area contributed by atoms with Crippen LogP contribution >= 0.6 is 11.6 Å². The molecule has 0 spiro atoms. The molecule has 0 fully saturated rings. The van der Waals surface area contributed by atoms with Crippen LogP contribution in [-0.2, 0) is 9.59 Å². The Kier molecular flexibility index (Phi) is 6.14. The smallest absolute Gasteiger partial charge is 0.262 e. The molecule has 0 aromatic heterocycles. The van der Waals surface area contributed by atoms with Crippen molar-refractivity contribution >= 4 is 34.8 Å². The minimum Gasteiger partial charge on any atom is -0.484 e. The summed E-state index contributed by atoms with van der Waals surface area (Å²) >= 11 is 6.03. The van der Waals surface area contributed by atoms with Crippen LogP contribution in [0.4, 0.5) is 15.8 Å². The van der Waals surface area contributed by atoms with Gasteiger partial charge < -0.3 is 15.4 Å². The molecule has 5 nitrogen and oxygen atoms in total. The van der Waals surface area contributed by atoms with Gasteiger partial charge in [0, 0.05) is 18.2 Å². The van der Waals surface area contributed by atoms with Crippen molar-refractivity contribution < 1.29 is 18.7 Å². The number of carbonyl (C=O) groups excluding carboxylic acids is 2. The Hall–Kier alpha value is -2.60. The highest BCUT2D eigenvalue weighted by Crippen LogP contribution is 2.25. The molecule has 24 heavy (non-hydrogen) atoms. The molecule has 0 aliphatic rings. The van der Waals surface area contributed by atoms with Gasteiger partial charge in [-0.05, 0) is 30.3 Å². The van der Waals surface area contributed by atoms with Crippen LogP contribution in [0, 0.1) is 5.82 Å². The minimum atomic E-state index is -0.458. The lowest BCUT2D eigenvalue weighted by molar-refractivity contribution is -0.118. The summed E-state index contributed by atoms with van der Waals surface area (Å²) in [6.07, 6.45) is 0.339. The van der Waals surface area contributed by atoms with Gasteiger partial charge in [0.25, 0.3) is 5.91 Å². The average Bonchev–Trinajstić information content (AvgIpc) is 2.56. The normalized spacial score (nSPS) is 10.1. The highest BCUT2D eigenvalue weighted by Gasteiger charge is 2.09. The molecule has 0 radical (unpaired) electrons. The second-order valence-corrected chi connectivity index (χ2v) is 5.30. The van der Waals surface area contributed by atoms with Crippen molar-refractivity contribution in [2.75, 3.05) is 17.2 Å². The standard InChI is InChI=1S/C17H16ClFN2O3/c1-2-16(22)20-12-6-7-14(18)15(9-12)21-17(23)10-24-13-5-3-4-11(19)8-13/h3-9H,2,10H2,1H3,(H,20,22)(H,21,23). The van der Waals surface area contributed by atoms with Crippen LogP contribution in [0.1, 0.15) is 13.3 Å². The van der Waals surface area contributed by atoms with E-state index < -0.39 is 11.7 Å². The lowest BCUT2D eigenvalue weighted by Gasteiger charge is -2.11. The molecule has 2 rings (SSSR count). The quantitative estimate of drug-likeness (QED) is 0.831. The molecule has 2 amide bonds. The van der Waals surface area contributed by atoms with Gasteiger partial charge in [0.05, 0.1) is 10.7 Å². The largest absolute Gasteiger partial charge is 0.484 e. The Balaban J connectivity index is 1.97. The van der Waals surface area contributed by atoms with E-state index >= 15 is 0 Å². The zero-order valence-corrected chi connectivity index (χ0v) is 13.7. The predicted molar refractivity (Wildman–Crippen MR) is 90.9 cm³/mol. The van der Waals surface area contributed by atoms with E-state index in [4.69, 9.17) is 16.3 Å². The molecule has 0 bridgehead atoms. The molecule has 126 valence electrons. The van der Waals surface area contributed by atoms with Crippen molar-refractivity contribution in [1.29, 1.82) is 0 Å². The van der Waals surface area contributed by atoms with Crippen molar-refractivity contribution in [3.8, 4) is 5.75 Å². The molecule has 2 aromatic rings. The first-order valence-corrected chi connectivity index (χ1v) is 7.63. The number of anilines is 2. The zero-order chi connectivity index (χ0) is 17.5. The Morgan fingerprint density at radius 2 is 1.92 bits per heavy atom. The monoisotopic (exact) mass is 350 g/mol. The second kappa shape index (κ2) is 8.31. The Morgan fingerprint density at radius 3 is 2.62 bits per heavy atom. The maximum absolute atomic E-state index is 13.0. The third kappa shape index (κ3) is 5.24. The molecule has 0 aliphatic carbocycles. The van der Waals surface area contributed by atoms with Crippen molar-refractivity contribution in [2.45, 2.75) is 13.3 Å². The Labute approximate surface area is 143 Å². The van der Waals surface area contributed by atoms with E-state index in [-0.39, 0.29) is 18.3 Å². The average molecular weight is 351 g/mol. The van der Waals surface area contributed by atoms with Crippen LogP contribution in [0.15, 0.2) is 42.5 Å². The number of hydrogen-bond donors (Lipinski definition) is 2. The molecular weight excluding hydrogens is 335 g/mol. The summed E-state index contributed by atoms with van der Waals surface area (Å²) in [6, 6.07) is 10.2. The lowest BCUT2D eigenvalue weighted by atomic mass is 10.2. The summed E-state index contributed by atoms with van der Waals surface area (Å²) < 4.78 is 18.2. The number of carbonyl (C=O) groups is 2. The topological polar surface area (TPSA) is 67.4 Å². The number of benzene rings is 2.